The molecule has 2 amide bonds. The van der Waals surface area contributed by atoms with Crippen LogP contribution in [0.4, 0.5) is 0 Å². The molecular weight excluding hydrogens is 624 g/mol. The average molecular weight is 664 g/mol. The number of hydrogen-bond acceptors (Lipinski definition) is 8. The van der Waals surface area contributed by atoms with Gasteiger partial charge in [0.05, 0.1) is 25.3 Å². The molecule has 0 aliphatic carbocycles. The molecule has 2 aromatic rings. The quantitative estimate of drug-likeness (QED) is 0.174. The fourth-order valence-corrected chi connectivity index (χ4v) is 4.55. The Balaban J connectivity index is 0.00000645. The van der Waals surface area contributed by atoms with Crippen LogP contribution in [0.3, 0.4) is 0 Å². The number of fused-ring (bicyclic) bond motifs is 1. The van der Waals surface area contributed by atoms with E-state index in [2.05, 4.69) is 5.32 Å². The van der Waals surface area contributed by atoms with Crippen molar-refractivity contribution in [2.75, 3.05) is 33.4 Å². The van der Waals surface area contributed by atoms with Crippen LogP contribution in [0.2, 0.25) is 0 Å². The van der Waals surface area contributed by atoms with Crippen molar-refractivity contribution in [2.24, 2.45) is 5.73 Å². The minimum Gasteiger partial charge on any atom is -0.493 e. The topological polar surface area (TPSA) is 181 Å². The number of nitrogens with two attached hydrogens (primary N) is 1. The maximum absolute atomic E-state index is 13.6. The van der Waals surface area contributed by atoms with Gasteiger partial charge in [0.2, 0.25) is 5.91 Å². The van der Waals surface area contributed by atoms with Gasteiger partial charge in [-0.25, -0.2) is 4.79 Å². The number of aliphatic carboxylic acids is 1. The second-order valence-electron chi connectivity index (χ2n) is 10.8. The summed E-state index contributed by atoms with van der Waals surface area (Å²) in [5.41, 5.74) is 7.13. The highest BCUT2D eigenvalue weighted by molar-refractivity contribution is 8.93. The van der Waals surface area contributed by atoms with Crippen LogP contribution >= 0.6 is 17.0 Å². The second-order valence-corrected chi connectivity index (χ2v) is 10.8. The molecule has 5 N–H and O–H groups in total. The van der Waals surface area contributed by atoms with Crippen molar-refractivity contribution in [3.8, 4) is 17.2 Å². The van der Waals surface area contributed by atoms with Gasteiger partial charge in [-0.1, -0.05) is 20.8 Å². The predicted octanol–water partition coefficient (Wildman–Crippen LogP) is 3.45. The molecule has 1 aliphatic rings. The van der Waals surface area contributed by atoms with E-state index in [4.69, 9.17) is 25.4 Å². The molecule has 1 aliphatic heterocycles. The van der Waals surface area contributed by atoms with Crippen molar-refractivity contribution < 1.29 is 38.5 Å². The highest BCUT2D eigenvalue weighted by Crippen LogP contribution is 2.40. The lowest BCUT2D eigenvalue weighted by Gasteiger charge is -2.26. The van der Waals surface area contributed by atoms with E-state index in [1.807, 2.05) is 27.7 Å². The van der Waals surface area contributed by atoms with E-state index < -0.39 is 23.9 Å². The number of rotatable bonds is 14. The Labute approximate surface area is 261 Å². The Hall–Kier alpha value is -4.13. The smallest absolute Gasteiger partial charge is 0.341 e. The van der Waals surface area contributed by atoms with Gasteiger partial charge in [0, 0.05) is 36.7 Å². The van der Waals surface area contributed by atoms with Gasteiger partial charge in [0.1, 0.15) is 11.6 Å². The van der Waals surface area contributed by atoms with E-state index in [-0.39, 0.29) is 77.7 Å². The number of nitrogens with one attached hydrogen (secondary N) is 2. The molecule has 0 atom stereocenters. The third-order valence-corrected chi connectivity index (χ3v) is 6.59. The number of carbonyl (C=O) groups excluding carboxylic acids is 3. The molecule has 0 saturated carbocycles. The average Bonchev–Trinajstić information content (AvgIpc) is 3.21. The number of hydrogen-bond donors (Lipinski definition) is 4. The first kappa shape index (κ1) is 35.1. The number of ketones is 1. The van der Waals surface area contributed by atoms with Crippen LogP contribution < -0.4 is 25.3 Å². The summed E-state index contributed by atoms with van der Waals surface area (Å²) in [6.07, 6.45) is 0.419. The number of Topliss-reactive ketones (excluding diaryl/α,β-unsaturated/α-hetero) is 1. The van der Waals surface area contributed by atoms with Crippen LogP contribution in [0.15, 0.2) is 24.3 Å². The number of ether oxygens (including phenoxy) is 3. The monoisotopic (exact) mass is 662 g/mol. The Bertz CT molecular complexity index is 1400. The van der Waals surface area contributed by atoms with E-state index >= 15 is 0 Å². The Kier molecular flexibility index (Phi) is 12.1. The maximum Gasteiger partial charge on any atom is 0.341 e. The molecule has 0 unspecified atom stereocenters. The van der Waals surface area contributed by atoms with Crippen molar-refractivity contribution in [1.29, 1.82) is 5.41 Å². The molecule has 234 valence electrons. The SMILES string of the molecule is Br.CCOc1cc2c(cc1C(=O)NC)C(=N)N(CC(=O)c1cc(OCCCC(N)=O)c(OCC(=O)O)c(C(C)(C)C)c1)C2. The van der Waals surface area contributed by atoms with E-state index in [0.717, 1.165) is 5.56 Å². The number of benzene rings is 2. The van der Waals surface area contributed by atoms with Gasteiger partial charge < -0.3 is 35.3 Å². The van der Waals surface area contributed by atoms with E-state index in [1.54, 1.807) is 23.1 Å². The van der Waals surface area contributed by atoms with Crippen LogP contribution in [0.25, 0.3) is 0 Å². The van der Waals surface area contributed by atoms with E-state index in [0.29, 0.717) is 35.5 Å². The molecule has 0 fully saturated rings. The summed E-state index contributed by atoms with van der Waals surface area (Å²) in [7, 11) is 1.52. The number of carbonyl (C=O) groups is 4. The fraction of sp³-hybridized carbons (Fsp3) is 0.433. The summed E-state index contributed by atoms with van der Waals surface area (Å²) in [5, 5.41) is 20.5. The molecule has 0 saturated heterocycles. The lowest BCUT2D eigenvalue weighted by atomic mass is 9.84. The first-order chi connectivity index (χ1) is 19.8. The normalized spacial score (nSPS) is 12.2. The molecular formula is C30H39BrN4O8. The molecule has 0 spiro atoms. The number of primary amides is 1. The molecule has 2 aromatic carbocycles. The van der Waals surface area contributed by atoms with Gasteiger partial charge in [0.25, 0.3) is 5.91 Å². The van der Waals surface area contributed by atoms with Crippen molar-refractivity contribution >= 4 is 46.4 Å². The van der Waals surface area contributed by atoms with Gasteiger partial charge in [0.15, 0.2) is 23.9 Å². The number of carboxylic acid groups (broad SMARTS) is 1. The first-order valence-electron chi connectivity index (χ1n) is 13.6. The lowest BCUT2D eigenvalue weighted by molar-refractivity contribution is -0.139. The minimum atomic E-state index is -1.17. The number of nitrogens with zero attached hydrogens (tertiary/aromatic N) is 1. The molecule has 3 rings (SSSR count). The predicted molar refractivity (Wildman–Crippen MR) is 165 cm³/mol. The van der Waals surface area contributed by atoms with Gasteiger partial charge in [-0.2, -0.15) is 0 Å². The standard InChI is InChI=1S/C30H38N4O8.BrH/c1-6-40-23-12-18-14-34(28(32)19(18)13-20(23)29(39)33-5)15-22(35)17-10-21(30(2,3)4)27(42-16-26(37)38)24(11-17)41-9-7-8-25(31)36;/h10-13,32H,6-9,14-16H2,1-5H3,(H2,31,36)(H,33,39)(H,37,38);1H. The number of carboxylic acids is 1. The summed E-state index contributed by atoms with van der Waals surface area (Å²) in [4.78, 5) is 50.1. The lowest BCUT2D eigenvalue weighted by Crippen LogP contribution is -2.30. The first-order valence-corrected chi connectivity index (χ1v) is 13.6. The Morgan fingerprint density at radius 2 is 1.77 bits per heavy atom. The van der Waals surface area contributed by atoms with Gasteiger partial charge in [-0.3, -0.25) is 19.8 Å². The molecule has 0 aromatic heterocycles. The number of halogens is 1. The Morgan fingerprint density at radius 3 is 2.35 bits per heavy atom. The third kappa shape index (κ3) is 8.69. The highest BCUT2D eigenvalue weighted by atomic mass is 79.9. The molecule has 0 bridgehead atoms. The summed E-state index contributed by atoms with van der Waals surface area (Å²) >= 11 is 0. The summed E-state index contributed by atoms with van der Waals surface area (Å²) in [5.74, 6) is -1.42. The third-order valence-electron chi connectivity index (χ3n) is 6.59. The van der Waals surface area contributed by atoms with Crippen LogP contribution in [-0.2, 0) is 21.5 Å². The van der Waals surface area contributed by atoms with Crippen molar-refractivity contribution in [1.82, 2.24) is 10.2 Å². The maximum atomic E-state index is 13.6. The molecule has 43 heavy (non-hydrogen) atoms. The molecule has 0 radical (unpaired) electrons. The minimum absolute atomic E-state index is 0. The van der Waals surface area contributed by atoms with Crippen molar-refractivity contribution in [3.05, 3.63) is 52.1 Å². The van der Waals surface area contributed by atoms with Crippen molar-refractivity contribution in [3.63, 3.8) is 0 Å². The zero-order valence-electron chi connectivity index (χ0n) is 25.0. The fourth-order valence-electron chi connectivity index (χ4n) is 4.55. The van der Waals surface area contributed by atoms with Crippen LogP contribution in [0.1, 0.15) is 77.9 Å². The van der Waals surface area contributed by atoms with Gasteiger partial charge in [-0.05, 0) is 48.6 Å². The van der Waals surface area contributed by atoms with Gasteiger partial charge in [-0.15, -0.1) is 17.0 Å². The Morgan fingerprint density at radius 1 is 1.07 bits per heavy atom. The molecule has 13 heteroatoms. The summed E-state index contributed by atoms with van der Waals surface area (Å²) in [6.45, 7) is 7.48. The largest absolute Gasteiger partial charge is 0.493 e. The second kappa shape index (κ2) is 14.9. The van der Waals surface area contributed by atoms with Gasteiger partial charge >= 0.3 is 5.97 Å². The van der Waals surface area contributed by atoms with Crippen LogP contribution in [-0.4, -0.2) is 72.8 Å². The summed E-state index contributed by atoms with van der Waals surface area (Å²) in [6, 6.07) is 6.48. The molecule has 1 heterocycles. The van der Waals surface area contributed by atoms with Crippen molar-refractivity contribution in [2.45, 2.75) is 52.5 Å². The summed E-state index contributed by atoms with van der Waals surface area (Å²) < 4.78 is 17.2. The number of amidine groups is 1. The zero-order valence-corrected chi connectivity index (χ0v) is 26.7. The molecule has 12 nitrogen and oxygen atoms in total. The van der Waals surface area contributed by atoms with E-state index in [1.165, 1.54) is 13.1 Å². The van der Waals surface area contributed by atoms with E-state index in [9.17, 15) is 24.3 Å². The number of amides is 2. The van der Waals surface area contributed by atoms with Crippen LogP contribution in [0, 0.1) is 5.41 Å². The zero-order chi connectivity index (χ0) is 31.2. The van der Waals surface area contributed by atoms with Crippen LogP contribution in [0.5, 0.6) is 17.2 Å². The highest BCUT2D eigenvalue weighted by Gasteiger charge is 2.31.